The van der Waals surface area contributed by atoms with Gasteiger partial charge in [-0.3, -0.25) is 9.80 Å². The topological polar surface area (TPSA) is 44.7 Å². The molecule has 1 amide bonds. The van der Waals surface area contributed by atoms with Crippen molar-refractivity contribution >= 4 is 11.6 Å². The Morgan fingerprint density at radius 2 is 2.44 bits per heavy atom. The van der Waals surface area contributed by atoms with Crippen LogP contribution in [0.25, 0.3) is 0 Å². The fourth-order valence-corrected chi connectivity index (χ4v) is 0.651. The van der Waals surface area contributed by atoms with E-state index in [0.717, 1.165) is 0 Å². The van der Waals surface area contributed by atoms with Crippen molar-refractivity contribution in [3.05, 3.63) is 0 Å². The Labute approximate surface area is 53.5 Å². The molecule has 9 heavy (non-hydrogen) atoms. The van der Waals surface area contributed by atoms with Gasteiger partial charge in [-0.2, -0.15) is 5.10 Å². The van der Waals surface area contributed by atoms with Crippen LogP contribution in [0.4, 0.5) is 0 Å². The van der Waals surface area contributed by atoms with Gasteiger partial charge in [0.2, 0.25) is 0 Å². The highest BCUT2D eigenvalue weighted by Gasteiger charge is 2.11. The number of carbonyl (C=O) groups is 1. The summed E-state index contributed by atoms with van der Waals surface area (Å²) in [5.41, 5.74) is 0.517. The van der Waals surface area contributed by atoms with Crippen LogP contribution in [0.5, 0.6) is 0 Å². The van der Waals surface area contributed by atoms with Crippen LogP contribution in [0.2, 0.25) is 0 Å². The second kappa shape index (κ2) is 2.05. The van der Waals surface area contributed by atoms with Gasteiger partial charge in [0.1, 0.15) is 12.4 Å². The van der Waals surface area contributed by atoms with Crippen LogP contribution in [0.3, 0.4) is 0 Å². The van der Waals surface area contributed by atoms with Crippen molar-refractivity contribution in [1.29, 1.82) is 0 Å². The van der Waals surface area contributed by atoms with Crippen molar-refractivity contribution in [2.45, 2.75) is 6.92 Å². The number of carbonyl (C=O) groups excluding carboxylic acids is 1. The smallest absolute Gasteiger partial charge is 0.268 e. The normalized spacial score (nSPS) is 19.1. The number of hydrazone groups is 1. The monoisotopic (exact) mass is 127 g/mol. The van der Waals surface area contributed by atoms with E-state index in [1.165, 1.54) is 0 Å². The average molecular weight is 127 g/mol. The van der Waals surface area contributed by atoms with Gasteiger partial charge in [-0.1, -0.05) is 0 Å². The van der Waals surface area contributed by atoms with Gasteiger partial charge < -0.3 is 5.32 Å². The van der Waals surface area contributed by atoms with Crippen LogP contribution in [-0.4, -0.2) is 30.3 Å². The first kappa shape index (κ1) is 6.07. The molecule has 1 aliphatic heterocycles. The van der Waals surface area contributed by atoms with E-state index >= 15 is 0 Å². The molecule has 0 aliphatic carbocycles. The first-order valence-corrected chi connectivity index (χ1v) is 2.74. The molecule has 4 heteroatoms. The molecular weight excluding hydrogens is 118 g/mol. The minimum atomic E-state index is -0.0758. The van der Waals surface area contributed by atoms with E-state index in [4.69, 9.17) is 0 Å². The molecule has 4 nitrogen and oxygen atoms in total. The summed E-state index contributed by atoms with van der Waals surface area (Å²) in [5, 5.41) is 8.22. The van der Waals surface area contributed by atoms with Gasteiger partial charge in [-0.25, -0.2) is 0 Å². The summed E-state index contributed by atoms with van der Waals surface area (Å²) in [6, 6.07) is 0. The second-order valence-electron chi connectivity index (χ2n) is 2.01. The predicted octanol–water partition coefficient (Wildman–Crippen LogP) is -0.619. The highest BCUT2D eigenvalue weighted by atomic mass is 16.2. The third-order valence-electron chi connectivity index (χ3n) is 1.12. The Bertz CT molecular complexity index is 164. The molecule has 0 spiro atoms. The van der Waals surface area contributed by atoms with Crippen LogP contribution in [-0.2, 0) is 4.79 Å². The maximum absolute atomic E-state index is 10.7. The van der Waals surface area contributed by atoms with E-state index in [-0.39, 0.29) is 5.91 Å². The van der Waals surface area contributed by atoms with E-state index in [2.05, 4.69) is 10.4 Å². The number of nitrogens with one attached hydrogen (secondary N) is 1. The lowest BCUT2D eigenvalue weighted by Gasteiger charge is -2.19. The fourth-order valence-electron chi connectivity index (χ4n) is 0.651. The van der Waals surface area contributed by atoms with Crippen molar-refractivity contribution in [1.82, 2.24) is 10.3 Å². The highest BCUT2D eigenvalue weighted by molar-refractivity contribution is 6.38. The van der Waals surface area contributed by atoms with Gasteiger partial charge in [-0.15, -0.1) is 0 Å². The standard InChI is InChI=1S/C5H9N3O/c1-4-5(9)6-3-8(2)7-4/h3H2,1-2H3,(H,6,9). The molecule has 0 aromatic heterocycles. The Hall–Kier alpha value is -1.06. The van der Waals surface area contributed by atoms with Crippen molar-refractivity contribution in [3.63, 3.8) is 0 Å². The van der Waals surface area contributed by atoms with Gasteiger partial charge in [0, 0.05) is 7.05 Å². The van der Waals surface area contributed by atoms with Crippen LogP contribution in [0.15, 0.2) is 5.10 Å². The molecule has 0 aromatic carbocycles. The van der Waals surface area contributed by atoms with Gasteiger partial charge in [0.15, 0.2) is 0 Å². The summed E-state index contributed by atoms with van der Waals surface area (Å²) in [5.74, 6) is -0.0758. The zero-order chi connectivity index (χ0) is 6.85. The van der Waals surface area contributed by atoms with E-state index in [0.29, 0.717) is 12.4 Å². The number of nitrogens with zero attached hydrogens (tertiary/aromatic N) is 2. The Balaban J connectivity index is 2.72. The van der Waals surface area contributed by atoms with E-state index in [1.54, 1.807) is 11.9 Å². The molecule has 1 aliphatic rings. The molecule has 1 rings (SSSR count). The molecule has 0 bridgehead atoms. The number of hydrogen-bond acceptors (Lipinski definition) is 3. The van der Waals surface area contributed by atoms with Crippen LogP contribution in [0.1, 0.15) is 6.92 Å². The minimum absolute atomic E-state index is 0.0758. The van der Waals surface area contributed by atoms with Crippen molar-refractivity contribution in [2.75, 3.05) is 13.7 Å². The summed E-state index contributed by atoms with van der Waals surface area (Å²) < 4.78 is 0. The maximum Gasteiger partial charge on any atom is 0.268 e. The minimum Gasteiger partial charge on any atom is -0.332 e. The molecule has 0 aromatic rings. The molecule has 0 unspecified atom stereocenters. The summed E-state index contributed by atoms with van der Waals surface area (Å²) in [6.45, 7) is 2.20. The quantitative estimate of drug-likeness (QED) is 0.471. The fraction of sp³-hybridized carbons (Fsp3) is 0.600. The van der Waals surface area contributed by atoms with Gasteiger partial charge >= 0.3 is 0 Å². The summed E-state index contributed by atoms with van der Waals surface area (Å²) in [4.78, 5) is 10.7. The lowest BCUT2D eigenvalue weighted by molar-refractivity contribution is -0.116. The third-order valence-corrected chi connectivity index (χ3v) is 1.12. The van der Waals surface area contributed by atoms with Crippen molar-refractivity contribution < 1.29 is 4.79 Å². The summed E-state index contributed by atoms with van der Waals surface area (Å²) in [6.07, 6.45) is 0. The average Bonchev–Trinajstić information content (AvgIpc) is 1.80. The third kappa shape index (κ3) is 1.19. The molecular formula is C5H9N3O. The van der Waals surface area contributed by atoms with Crippen molar-refractivity contribution in [2.24, 2.45) is 5.10 Å². The Kier molecular flexibility index (Phi) is 1.38. The first-order valence-electron chi connectivity index (χ1n) is 2.74. The molecule has 50 valence electrons. The van der Waals surface area contributed by atoms with E-state index < -0.39 is 0 Å². The van der Waals surface area contributed by atoms with E-state index in [9.17, 15) is 4.79 Å². The molecule has 0 saturated heterocycles. The highest BCUT2D eigenvalue weighted by Crippen LogP contribution is 1.90. The maximum atomic E-state index is 10.7. The first-order chi connectivity index (χ1) is 4.20. The number of rotatable bonds is 0. The van der Waals surface area contributed by atoms with Gasteiger partial charge in [0.25, 0.3) is 5.91 Å². The number of amides is 1. The van der Waals surface area contributed by atoms with Crippen LogP contribution < -0.4 is 5.32 Å². The second-order valence-corrected chi connectivity index (χ2v) is 2.01. The van der Waals surface area contributed by atoms with Gasteiger partial charge in [-0.05, 0) is 6.92 Å². The molecule has 1 heterocycles. The zero-order valence-electron chi connectivity index (χ0n) is 5.51. The zero-order valence-corrected chi connectivity index (χ0v) is 5.51. The lowest BCUT2D eigenvalue weighted by atomic mass is 10.4. The predicted molar refractivity (Wildman–Crippen MR) is 33.9 cm³/mol. The molecule has 0 saturated carbocycles. The number of hydrogen-bond donors (Lipinski definition) is 1. The lowest BCUT2D eigenvalue weighted by Crippen LogP contribution is -2.42. The molecule has 0 fully saturated rings. The Morgan fingerprint density at radius 1 is 1.78 bits per heavy atom. The summed E-state index contributed by atoms with van der Waals surface area (Å²) in [7, 11) is 1.81. The van der Waals surface area contributed by atoms with Gasteiger partial charge in [0.05, 0.1) is 0 Å². The molecule has 0 radical (unpaired) electrons. The molecule has 0 atom stereocenters. The van der Waals surface area contributed by atoms with Crippen LogP contribution in [0, 0.1) is 0 Å². The Morgan fingerprint density at radius 3 is 2.89 bits per heavy atom. The van der Waals surface area contributed by atoms with Crippen LogP contribution >= 0.6 is 0 Å². The SMILES string of the molecule is CC1=NN(C)CNC1=O. The summed E-state index contributed by atoms with van der Waals surface area (Å²) >= 11 is 0. The largest absolute Gasteiger partial charge is 0.332 e. The van der Waals surface area contributed by atoms with Crippen molar-refractivity contribution in [3.8, 4) is 0 Å². The van der Waals surface area contributed by atoms with E-state index in [1.807, 2.05) is 7.05 Å². The molecule has 1 N–H and O–H groups in total.